The first-order chi connectivity index (χ1) is 10.4. The van der Waals surface area contributed by atoms with Crippen LogP contribution < -0.4 is 0 Å². The van der Waals surface area contributed by atoms with Crippen LogP contribution in [0.2, 0.25) is 0 Å². The molecule has 0 saturated heterocycles. The van der Waals surface area contributed by atoms with Gasteiger partial charge in [0.25, 0.3) is 0 Å². The first-order valence-corrected chi connectivity index (χ1v) is 7.87. The number of rotatable bonds is 1. The van der Waals surface area contributed by atoms with Gasteiger partial charge in [0, 0.05) is 5.92 Å². The number of Topliss-reactive ketones (excluding diaryl/α,β-unsaturated/α-hetero) is 1. The summed E-state index contributed by atoms with van der Waals surface area (Å²) >= 11 is 0. The molecule has 0 aromatic heterocycles. The summed E-state index contributed by atoms with van der Waals surface area (Å²) < 4.78 is 37.7. The maximum absolute atomic E-state index is 12.6. The molecular formula is C18H19F3O. The standard InChI is InChI=1S/C18H19F3O/c19-18(20,21)15-9-5-12(6-10-15)11-14-8-7-13-3-1-2-4-16(13)17(14)22/h5-6,9-11,13,16H,1-4,7-8H2. The van der Waals surface area contributed by atoms with E-state index in [1.54, 1.807) is 6.08 Å². The van der Waals surface area contributed by atoms with Gasteiger partial charge in [0.1, 0.15) is 0 Å². The Balaban J connectivity index is 1.78. The van der Waals surface area contributed by atoms with E-state index in [0.29, 0.717) is 11.5 Å². The lowest BCUT2D eigenvalue weighted by Crippen LogP contribution is -2.32. The van der Waals surface area contributed by atoms with E-state index >= 15 is 0 Å². The molecular weight excluding hydrogens is 289 g/mol. The van der Waals surface area contributed by atoms with Gasteiger partial charge in [-0.2, -0.15) is 13.2 Å². The van der Waals surface area contributed by atoms with Crippen LogP contribution in [0.3, 0.4) is 0 Å². The minimum Gasteiger partial charge on any atom is -0.294 e. The Morgan fingerprint density at radius 2 is 1.68 bits per heavy atom. The Bertz CT molecular complexity index is 583. The first-order valence-electron chi connectivity index (χ1n) is 7.87. The van der Waals surface area contributed by atoms with Crippen molar-refractivity contribution in [2.24, 2.45) is 11.8 Å². The number of hydrogen-bond donors (Lipinski definition) is 0. The van der Waals surface area contributed by atoms with Crippen LogP contribution in [-0.2, 0) is 11.0 Å². The predicted molar refractivity (Wildman–Crippen MR) is 79.1 cm³/mol. The second-order valence-electron chi connectivity index (χ2n) is 6.34. The topological polar surface area (TPSA) is 17.1 Å². The minimum atomic E-state index is -4.32. The van der Waals surface area contributed by atoms with Gasteiger partial charge in [0.2, 0.25) is 0 Å². The van der Waals surface area contributed by atoms with E-state index in [2.05, 4.69) is 0 Å². The highest BCUT2D eigenvalue weighted by molar-refractivity contribution is 6.02. The third kappa shape index (κ3) is 3.11. The van der Waals surface area contributed by atoms with E-state index in [-0.39, 0.29) is 11.7 Å². The lowest BCUT2D eigenvalue weighted by atomic mass is 9.68. The van der Waals surface area contributed by atoms with Crippen LogP contribution in [0, 0.1) is 11.8 Å². The van der Waals surface area contributed by atoms with Crippen LogP contribution in [0.15, 0.2) is 29.8 Å². The molecule has 0 heterocycles. The zero-order valence-corrected chi connectivity index (χ0v) is 12.3. The normalized spacial score (nSPS) is 27.8. The van der Waals surface area contributed by atoms with Gasteiger partial charge in [-0.3, -0.25) is 4.79 Å². The first kappa shape index (κ1) is 15.3. The summed E-state index contributed by atoms with van der Waals surface area (Å²) in [6, 6.07) is 5.03. The van der Waals surface area contributed by atoms with Crippen molar-refractivity contribution >= 4 is 11.9 Å². The molecule has 0 spiro atoms. The monoisotopic (exact) mass is 308 g/mol. The number of hydrogen-bond acceptors (Lipinski definition) is 1. The minimum absolute atomic E-state index is 0.142. The van der Waals surface area contributed by atoms with E-state index in [0.717, 1.165) is 49.8 Å². The lowest BCUT2D eigenvalue weighted by Gasteiger charge is -2.35. The number of carbonyl (C=O) groups is 1. The Morgan fingerprint density at radius 1 is 1.00 bits per heavy atom. The Kier molecular flexibility index (Phi) is 4.11. The van der Waals surface area contributed by atoms with Crippen molar-refractivity contribution in [3.05, 3.63) is 41.0 Å². The fourth-order valence-electron chi connectivity index (χ4n) is 3.71. The fraction of sp³-hybridized carbons (Fsp3) is 0.500. The molecule has 2 atom stereocenters. The Labute approximate surface area is 128 Å². The summed E-state index contributed by atoms with van der Waals surface area (Å²) in [5.74, 6) is 0.880. The second-order valence-corrected chi connectivity index (χ2v) is 6.34. The molecule has 1 aromatic rings. The van der Waals surface area contributed by atoms with E-state index in [1.165, 1.54) is 18.6 Å². The zero-order chi connectivity index (χ0) is 15.7. The maximum Gasteiger partial charge on any atom is 0.416 e. The molecule has 0 aliphatic heterocycles. The second kappa shape index (κ2) is 5.90. The molecule has 118 valence electrons. The molecule has 0 bridgehead atoms. The van der Waals surface area contributed by atoms with Gasteiger partial charge < -0.3 is 0 Å². The number of benzene rings is 1. The third-order valence-electron chi connectivity index (χ3n) is 4.93. The highest BCUT2D eigenvalue weighted by Crippen LogP contribution is 2.41. The summed E-state index contributed by atoms with van der Waals surface area (Å²) in [6.07, 6.45) is 3.67. The van der Waals surface area contributed by atoms with Gasteiger partial charge in [-0.1, -0.05) is 25.0 Å². The van der Waals surface area contributed by atoms with Gasteiger partial charge in [0.05, 0.1) is 5.56 Å². The van der Waals surface area contributed by atoms with E-state index in [4.69, 9.17) is 0 Å². The number of fused-ring (bicyclic) bond motifs is 1. The van der Waals surface area contributed by atoms with Crippen LogP contribution in [-0.4, -0.2) is 5.78 Å². The van der Waals surface area contributed by atoms with Crippen molar-refractivity contribution in [1.82, 2.24) is 0 Å². The summed E-state index contributed by atoms with van der Waals surface area (Å²) in [6.45, 7) is 0. The van der Waals surface area contributed by atoms with Gasteiger partial charge in [-0.05, 0) is 60.9 Å². The summed E-state index contributed by atoms with van der Waals surface area (Å²) in [7, 11) is 0. The molecule has 2 saturated carbocycles. The molecule has 2 aliphatic rings. The smallest absolute Gasteiger partial charge is 0.294 e. The van der Waals surface area contributed by atoms with E-state index in [9.17, 15) is 18.0 Å². The molecule has 22 heavy (non-hydrogen) atoms. The average Bonchev–Trinajstić information content (AvgIpc) is 2.50. The van der Waals surface area contributed by atoms with Gasteiger partial charge >= 0.3 is 6.18 Å². The van der Waals surface area contributed by atoms with Crippen molar-refractivity contribution < 1.29 is 18.0 Å². The molecule has 2 unspecified atom stereocenters. The molecule has 1 aromatic carbocycles. The van der Waals surface area contributed by atoms with Gasteiger partial charge in [0.15, 0.2) is 5.78 Å². The van der Waals surface area contributed by atoms with E-state index in [1.807, 2.05) is 0 Å². The summed E-state index contributed by atoms with van der Waals surface area (Å²) in [5, 5.41) is 0. The summed E-state index contributed by atoms with van der Waals surface area (Å²) in [5.41, 5.74) is 0.797. The molecule has 0 amide bonds. The summed E-state index contributed by atoms with van der Waals surface area (Å²) in [4.78, 5) is 12.5. The van der Waals surface area contributed by atoms with Crippen LogP contribution >= 0.6 is 0 Å². The van der Waals surface area contributed by atoms with Gasteiger partial charge in [-0.15, -0.1) is 0 Å². The molecule has 0 radical (unpaired) electrons. The number of halogens is 3. The quantitative estimate of drug-likeness (QED) is 0.647. The molecule has 3 rings (SSSR count). The van der Waals surface area contributed by atoms with Crippen molar-refractivity contribution in [1.29, 1.82) is 0 Å². The highest BCUT2D eigenvalue weighted by atomic mass is 19.4. The number of carbonyl (C=O) groups excluding carboxylic acids is 1. The molecule has 1 nitrogen and oxygen atoms in total. The molecule has 0 N–H and O–H groups in total. The predicted octanol–water partition coefficient (Wildman–Crippen LogP) is 5.26. The SMILES string of the molecule is O=C1C(=Cc2ccc(C(F)(F)F)cc2)CCC2CCCCC12. The van der Waals surface area contributed by atoms with E-state index < -0.39 is 11.7 Å². The van der Waals surface area contributed by atoms with Crippen LogP contribution in [0.4, 0.5) is 13.2 Å². The molecule has 2 aliphatic carbocycles. The van der Waals surface area contributed by atoms with Crippen molar-refractivity contribution in [3.63, 3.8) is 0 Å². The van der Waals surface area contributed by atoms with Crippen molar-refractivity contribution in [2.75, 3.05) is 0 Å². The zero-order valence-electron chi connectivity index (χ0n) is 12.3. The van der Waals surface area contributed by atoms with Crippen LogP contribution in [0.25, 0.3) is 6.08 Å². The largest absolute Gasteiger partial charge is 0.416 e. The van der Waals surface area contributed by atoms with Crippen LogP contribution in [0.1, 0.15) is 49.7 Å². The highest BCUT2D eigenvalue weighted by Gasteiger charge is 2.36. The van der Waals surface area contributed by atoms with Crippen LogP contribution in [0.5, 0.6) is 0 Å². The van der Waals surface area contributed by atoms with Gasteiger partial charge in [-0.25, -0.2) is 0 Å². The number of allylic oxidation sites excluding steroid dienone is 1. The fourth-order valence-corrected chi connectivity index (χ4v) is 3.71. The third-order valence-corrected chi connectivity index (χ3v) is 4.93. The van der Waals surface area contributed by atoms with Crippen molar-refractivity contribution in [2.45, 2.75) is 44.7 Å². The number of alkyl halides is 3. The maximum atomic E-state index is 12.6. The Morgan fingerprint density at radius 3 is 2.36 bits per heavy atom. The lowest BCUT2D eigenvalue weighted by molar-refractivity contribution is -0.137. The van der Waals surface area contributed by atoms with Crippen molar-refractivity contribution in [3.8, 4) is 0 Å². The Hall–Kier alpha value is -1.58. The molecule has 2 fully saturated rings. The molecule has 4 heteroatoms. The average molecular weight is 308 g/mol. The number of ketones is 1.